The number of benzene rings is 1. The van der Waals surface area contributed by atoms with Crippen molar-refractivity contribution in [1.29, 1.82) is 0 Å². The van der Waals surface area contributed by atoms with E-state index in [0.29, 0.717) is 56.3 Å². The number of ether oxygens (including phenoxy) is 1. The van der Waals surface area contributed by atoms with Crippen LogP contribution in [0.3, 0.4) is 0 Å². The number of nitrogens with zero attached hydrogens (tertiary/aromatic N) is 2. The minimum Gasteiger partial charge on any atom is -0.455 e. The van der Waals surface area contributed by atoms with Gasteiger partial charge in [-0.15, -0.1) is 0 Å². The third kappa shape index (κ3) is 7.20. The first-order valence-corrected chi connectivity index (χ1v) is 16.0. The molecule has 11 heteroatoms. The molecule has 2 aliphatic heterocycles. The molecule has 0 radical (unpaired) electrons. The fourth-order valence-corrected chi connectivity index (χ4v) is 6.29. The number of carbonyl (C=O) groups excluding carboxylic acids is 4. The Bertz CT molecular complexity index is 1490. The zero-order chi connectivity index (χ0) is 32.5. The van der Waals surface area contributed by atoms with Crippen LogP contribution in [-0.2, 0) is 23.9 Å². The molecule has 1 aromatic carbocycles. The summed E-state index contributed by atoms with van der Waals surface area (Å²) in [5.74, 6) is -1.90. The Kier molecular flexibility index (Phi) is 9.32. The maximum Gasteiger partial charge on any atom is 0.325 e. The molecule has 1 aromatic heterocycles. The van der Waals surface area contributed by atoms with Crippen LogP contribution < -0.4 is 16.1 Å². The third-order valence-corrected chi connectivity index (χ3v) is 9.42. The fourth-order valence-electron chi connectivity index (χ4n) is 6.29. The van der Waals surface area contributed by atoms with Crippen LogP contribution >= 0.6 is 0 Å². The first-order valence-electron chi connectivity index (χ1n) is 16.0. The number of aromatic nitrogens is 1. The molecule has 2 fully saturated rings. The summed E-state index contributed by atoms with van der Waals surface area (Å²) < 4.78 is 5.79. The van der Waals surface area contributed by atoms with E-state index in [-0.39, 0.29) is 11.8 Å². The Morgan fingerprint density at radius 1 is 1.02 bits per heavy atom. The fraction of sp³-hybridized carbons (Fsp3) is 0.559. The molecule has 1 aliphatic carbocycles. The summed E-state index contributed by atoms with van der Waals surface area (Å²) in [6, 6.07) is 7.06. The van der Waals surface area contributed by atoms with E-state index in [4.69, 9.17) is 9.72 Å². The van der Waals surface area contributed by atoms with Crippen molar-refractivity contribution in [3.63, 3.8) is 0 Å². The van der Waals surface area contributed by atoms with Crippen molar-refractivity contribution < 1.29 is 29.0 Å². The first kappa shape index (κ1) is 32.6. The van der Waals surface area contributed by atoms with Gasteiger partial charge in [0.05, 0.1) is 22.2 Å². The molecule has 4 N–H and O–H groups in total. The number of fused-ring (bicyclic) bond motifs is 4. The number of cyclic esters (lactones) is 1. The number of hydrazine groups is 1. The number of rotatable bonds is 1. The lowest BCUT2D eigenvalue weighted by molar-refractivity contribution is -0.157. The van der Waals surface area contributed by atoms with Gasteiger partial charge in [-0.05, 0) is 82.9 Å². The molecular formula is C34H45N5O6. The van der Waals surface area contributed by atoms with Crippen molar-refractivity contribution in [2.45, 2.75) is 103 Å². The number of nitrogens with one attached hydrogen (secondary N) is 3. The van der Waals surface area contributed by atoms with E-state index in [1.807, 2.05) is 56.3 Å². The van der Waals surface area contributed by atoms with Crippen molar-refractivity contribution in [2.24, 2.45) is 11.3 Å². The summed E-state index contributed by atoms with van der Waals surface area (Å²) >= 11 is 0. The highest BCUT2D eigenvalue weighted by molar-refractivity contribution is 5.94. The van der Waals surface area contributed by atoms with Gasteiger partial charge in [-0.1, -0.05) is 44.2 Å². The largest absolute Gasteiger partial charge is 0.455 e. The summed E-state index contributed by atoms with van der Waals surface area (Å²) in [7, 11) is 0. The number of aliphatic hydroxyl groups is 1. The summed E-state index contributed by atoms with van der Waals surface area (Å²) in [5.41, 5.74) is 3.30. The van der Waals surface area contributed by atoms with E-state index in [1.54, 1.807) is 20.8 Å². The van der Waals surface area contributed by atoms with Gasteiger partial charge in [-0.2, -0.15) is 0 Å². The Balaban J connectivity index is 1.54. The number of amides is 3. The number of esters is 1. The van der Waals surface area contributed by atoms with Crippen molar-refractivity contribution in [2.75, 3.05) is 6.54 Å². The van der Waals surface area contributed by atoms with E-state index in [2.05, 4.69) is 16.1 Å². The van der Waals surface area contributed by atoms with Gasteiger partial charge in [0.2, 0.25) is 11.8 Å². The first-order chi connectivity index (χ1) is 21.3. The Labute approximate surface area is 264 Å². The topological polar surface area (TPSA) is 150 Å². The minimum atomic E-state index is -0.949. The molecule has 4 atom stereocenters. The summed E-state index contributed by atoms with van der Waals surface area (Å²) in [6.45, 7) is 9.18. The summed E-state index contributed by atoms with van der Waals surface area (Å²) in [5, 5.41) is 18.8. The van der Waals surface area contributed by atoms with Gasteiger partial charge in [0.15, 0.2) is 0 Å². The quantitative estimate of drug-likeness (QED) is 0.355. The van der Waals surface area contributed by atoms with Gasteiger partial charge in [-0.3, -0.25) is 24.2 Å². The van der Waals surface area contributed by atoms with E-state index >= 15 is 0 Å². The van der Waals surface area contributed by atoms with Crippen molar-refractivity contribution in [1.82, 2.24) is 26.1 Å². The molecule has 45 heavy (non-hydrogen) atoms. The van der Waals surface area contributed by atoms with Crippen LogP contribution in [-0.4, -0.2) is 69.1 Å². The molecule has 242 valence electrons. The normalized spacial score (nSPS) is 32.0. The number of hydrogen-bond acceptors (Lipinski definition) is 8. The van der Waals surface area contributed by atoms with Crippen molar-refractivity contribution in [3.8, 4) is 0 Å². The smallest absolute Gasteiger partial charge is 0.325 e. The highest BCUT2D eigenvalue weighted by atomic mass is 16.5. The van der Waals surface area contributed by atoms with Crippen LogP contribution in [0.2, 0.25) is 0 Å². The van der Waals surface area contributed by atoms with Crippen molar-refractivity contribution >= 4 is 40.7 Å². The van der Waals surface area contributed by atoms with Crippen LogP contribution in [0.25, 0.3) is 17.0 Å². The molecule has 0 unspecified atom stereocenters. The van der Waals surface area contributed by atoms with Gasteiger partial charge < -0.3 is 20.5 Å². The summed E-state index contributed by atoms with van der Waals surface area (Å²) in [4.78, 5) is 58.9. The molecule has 1 saturated heterocycles. The number of hydrogen-bond donors (Lipinski definition) is 4. The lowest BCUT2D eigenvalue weighted by atomic mass is 9.68. The molecule has 3 heterocycles. The van der Waals surface area contributed by atoms with Gasteiger partial charge in [-0.25, -0.2) is 10.4 Å². The molecule has 3 amide bonds. The molecule has 3 aliphatic rings. The lowest BCUT2D eigenvalue weighted by Crippen LogP contribution is -2.61. The summed E-state index contributed by atoms with van der Waals surface area (Å²) in [6.07, 6.45) is 5.90. The highest BCUT2D eigenvalue weighted by Gasteiger charge is 2.44. The van der Waals surface area contributed by atoms with Crippen LogP contribution in [0.15, 0.2) is 36.4 Å². The van der Waals surface area contributed by atoms with Crippen LogP contribution in [0.5, 0.6) is 0 Å². The van der Waals surface area contributed by atoms with Gasteiger partial charge in [0.1, 0.15) is 24.2 Å². The number of carbonyl (C=O) groups is 4. The van der Waals surface area contributed by atoms with Crippen LogP contribution in [0.4, 0.5) is 0 Å². The van der Waals surface area contributed by atoms with Crippen LogP contribution in [0.1, 0.15) is 90.5 Å². The SMILES string of the molecule is CC(C)[C@@H]1NC(=O)C2(C=Cc3ccc4ccc(nc4c3)[C@@H](C)OC(=O)[C@@H]3CCCN(N3)C(=O)[C@H](C)NC1=O)CCC(C)(O)CC2. The maximum absolute atomic E-state index is 14.1. The molecule has 5 bridgehead atoms. The second-order valence-corrected chi connectivity index (χ2v) is 13.5. The molecule has 1 saturated carbocycles. The van der Waals surface area contributed by atoms with E-state index in [0.717, 1.165) is 10.9 Å². The second-order valence-electron chi connectivity index (χ2n) is 13.5. The standard InChI is InChI=1S/C34H45N5O6/c1-20(2)28-29(40)35-21(3)30(41)39-18-6-7-26(38-39)31(42)45-22(4)25-11-10-24-9-8-23(19-27(24)36-25)12-13-34(32(43)37-28)16-14-33(5,44)15-17-34/h8-13,19-22,26,28,38,44H,6-7,14-18H2,1-5H3,(H,35,40)(H,37,43)/t21-,22+,26-,28-,33?,34?/m0/s1. The van der Waals surface area contributed by atoms with Gasteiger partial charge >= 0.3 is 5.97 Å². The van der Waals surface area contributed by atoms with Crippen molar-refractivity contribution in [3.05, 3.63) is 47.7 Å². The average molecular weight is 620 g/mol. The monoisotopic (exact) mass is 619 g/mol. The number of pyridine rings is 1. The molecule has 5 rings (SSSR count). The van der Waals surface area contributed by atoms with E-state index in [1.165, 1.54) is 5.01 Å². The molecular weight excluding hydrogens is 574 g/mol. The zero-order valence-corrected chi connectivity index (χ0v) is 26.8. The minimum absolute atomic E-state index is 0.263. The Hall–Kier alpha value is -3.83. The highest BCUT2D eigenvalue weighted by Crippen LogP contribution is 2.43. The van der Waals surface area contributed by atoms with Crippen LogP contribution in [0, 0.1) is 11.3 Å². The van der Waals surface area contributed by atoms with E-state index in [9.17, 15) is 24.3 Å². The van der Waals surface area contributed by atoms with E-state index < -0.39 is 53.0 Å². The molecule has 2 aromatic rings. The molecule has 11 nitrogen and oxygen atoms in total. The third-order valence-electron chi connectivity index (χ3n) is 9.42. The van der Waals surface area contributed by atoms with Gasteiger partial charge in [0.25, 0.3) is 5.91 Å². The lowest BCUT2D eigenvalue weighted by Gasteiger charge is -2.41. The molecule has 1 spiro atoms. The Morgan fingerprint density at radius 2 is 1.73 bits per heavy atom. The predicted octanol–water partition coefficient (Wildman–Crippen LogP) is 3.32. The zero-order valence-electron chi connectivity index (χ0n) is 26.8. The Morgan fingerprint density at radius 3 is 2.44 bits per heavy atom. The maximum atomic E-state index is 14.1. The predicted molar refractivity (Wildman–Crippen MR) is 169 cm³/mol. The second kappa shape index (κ2) is 12.9. The average Bonchev–Trinajstić information content (AvgIpc) is 3.01. The van der Waals surface area contributed by atoms with Gasteiger partial charge in [0, 0.05) is 11.9 Å².